The Hall–Kier alpha value is -2.79. The maximum Gasteiger partial charge on any atom is 0.417 e. The number of nitriles is 2. The van der Waals surface area contributed by atoms with E-state index in [1.54, 1.807) is 6.07 Å². The van der Waals surface area contributed by atoms with E-state index >= 15 is 0 Å². The number of alkyl halides is 3. The van der Waals surface area contributed by atoms with E-state index in [1.807, 2.05) is 6.07 Å². The Labute approximate surface area is 113 Å². The van der Waals surface area contributed by atoms with E-state index in [0.29, 0.717) is 11.1 Å². The summed E-state index contributed by atoms with van der Waals surface area (Å²) in [6.45, 7) is 0. The van der Waals surface area contributed by atoms with Crippen molar-refractivity contribution in [1.29, 1.82) is 10.5 Å². The number of halogens is 3. The van der Waals surface area contributed by atoms with Gasteiger partial charge in [-0.05, 0) is 35.4 Å². The molecule has 0 atom stereocenters. The average molecular weight is 272 g/mol. The van der Waals surface area contributed by atoms with Gasteiger partial charge in [-0.25, -0.2) is 0 Å². The molecule has 2 rings (SSSR count). The summed E-state index contributed by atoms with van der Waals surface area (Å²) < 4.78 is 39.1. The van der Waals surface area contributed by atoms with Crippen LogP contribution in [0.4, 0.5) is 13.2 Å². The van der Waals surface area contributed by atoms with Crippen LogP contribution in [0.25, 0.3) is 11.1 Å². The molecule has 0 bridgehead atoms. The topological polar surface area (TPSA) is 47.6 Å². The fraction of sp³-hybridized carbons (Fsp3) is 0.0667. The fourth-order valence-corrected chi connectivity index (χ4v) is 1.82. The maximum absolute atomic E-state index is 13.0. The van der Waals surface area contributed by atoms with Gasteiger partial charge in [0.2, 0.25) is 0 Å². The van der Waals surface area contributed by atoms with Gasteiger partial charge < -0.3 is 0 Å². The standard InChI is InChI=1S/C15H7F3N2/c16-15(17,18)14-7-11(9-20)3-6-13(14)12-4-1-10(8-19)2-5-12/h1-7H. The Balaban J connectivity index is 2.61. The minimum Gasteiger partial charge on any atom is -0.192 e. The van der Waals surface area contributed by atoms with Crippen LogP contribution in [-0.4, -0.2) is 0 Å². The molecule has 0 saturated carbocycles. The van der Waals surface area contributed by atoms with Crippen LogP contribution in [0, 0.1) is 22.7 Å². The molecule has 2 nitrogen and oxygen atoms in total. The lowest BCUT2D eigenvalue weighted by Gasteiger charge is -2.13. The second-order valence-corrected chi connectivity index (χ2v) is 4.06. The fourth-order valence-electron chi connectivity index (χ4n) is 1.82. The van der Waals surface area contributed by atoms with E-state index in [9.17, 15) is 13.2 Å². The average Bonchev–Trinajstić information content (AvgIpc) is 2.46. The molecule has 0 heterocycles. The van der Waals surface area contributed by atoms with E-state index in [-0.39, 0.29) is 11.1 Å². The van der Waals surface area contributed by atoms with E-state index in [4.69, 9.17) is 10.5 Å². The molecule has 0 aliphatic heterocycles. The molecule has 5 heteroatoms. The second kappa shape index (κ2) is 5.07. The third-order valence-electron chi connectivity index (χ3n) is 2.78. The molecule has 0 spiro atoms. The number of nitrogens with zero attached hydrogens (tertiary/aromatic N) is 2. The van der Waals surface area contributed by atoms with Gasteiger partial charge in [0.25, 0.3) is 0 Å². The van der Waals surface area contributed by atoms with Crippen LogP contribution < -0.4 is 0 Å². The van der Waals surface area contributed by atoms with Gasteiger partial charge in [-0.2, -0.15) is 23.7 Å². The molecule has 2 aromatic rings. The van der Waals surface area contributed by atoms with Crippen molar-refractivity contribution in [3.05, 3.63) is 59.2 Å². The van der Waals surface area contributed by atoms with Crippen LogP contribution in [0.5, 0.6) is 0 Å². The predicted octanol–water partition coefficient (Wildman–Crippen LogP) is 4.12. The lowest BCUT2D eigenvalue weighted by molar-refractivity contribution is -0.137. The monoisotopic (exact) mass is 272 g/mol. The minimum absolute atomic E-state index is 0.0130. The van der Waals surface area contributed by atoms with Crippen molar-refractivity contribution in [3.8, 4) is 23.3 Å². The summed E-state index contributed by atoms with van der Waals surface area (Å²) >= 11 is 0. The first-order valence-corrected chi connectivity index (χ1v) is 5.57. The SMILES string of the molecule is N#Cc1ccc(-c2ccc(C#N)cc2C(F)(F)F)cc1. The highest BCUT2D eigenvalue weighted by Crippen LogP contribution is 2.37. The Kier molecular flexibility index (Phi) is 3.45. The van der Waals surface area contributed by atoms with Crippen molar-refractivity contribution in [1.82, 2.24) is 0 Å². The third-order valence-corrected chi connectivity index (χ3v) is 2.78. The van der Waals surface area contributed by atoms with Crippen LogP contribution in [0.1, 0.15) is 16.7 Å². The summed E-state index contributed by atoms with van der Waals surface area (Å²) in [6, 6.07) is 12.8. The molecule has 0 radical (unpaired) electrons. The molecule has 2 aromatic carbocycles. The highest BCUT2D eigenvalue weighted by Gasteiger charge is 2.34. The number of hydrogen-bond acceptors (Lipinski definition) is 2. The van der Waals surface area contributed by atoms with Crippen molar-refractivity contribution in [2.75, 3.05) is 0 Å². The first-order valence-electron chi connectivity index (χ1n) is 5.57. The maximum atomic E-state index is 13.0. The van der Waals surface area contributed by atoms with Crippen molar-refractivity contribution >= 4 is 0 Å². The normalized spacial score (nSPS) is 10.7. The van der Waals surface area contributed by atoms with E-state index in [2.05, 4.69) is 0 Å². The number of hydrogen-bond donors (Lipinski definition) is 0. The molecule has 0 amide bonds. The molecule has 0 N–H and O–H groups in total. The lowest BCUT2D eigenvalue weighted by atomic mass is 9.96. The highest BCUT2D eigenvalue weighted by atomic mass is 19.4. The molecule has 0 aliphatic rings. The molecule has 0 saturated heterocycles. The summed E-state index contributed by atoms with van der Waals surface area (Å²) in [7, 11) is 0. The predicted molar refractivity (Wildman–Crippen MR) is 66.3 cm³/mol. The first kappa shape index (κ1) is 13.6. The van der Waals surface area contributed by atoms with Gasteiger partial charge in [0.05, 0.1) is 28.8 Å². The largest absolute Gasteiger partial charge is 0.417 e. The smallest absolute Gasteiger partial charge is 0.192 e. The molecule has 0 aliphatic carbocycles. The van der Waals surface area contributed by atoms with Gasteiger partial charge >= 0.3 is 6.18 Å². The van der Waals surface area contributed by atoms with Crippen molar-refractivity contribution < 1.29 is 13.2 Å². The zero-order valence-corrected chi connectivity index (χ0v) is 10.1. The Bertz CT molecular complexity index is 717. The van der Waals surface area contributed by atoms with E-state index in [1.165, 1.54) is 36.4 Å². The van der Waals surface area contributed by atoms with Crippen LogP contribution in [0.3, 0.4) is 0 Å². The van der Waals surface area contributed by atoms with Gasteiger partial charge in [0, 0.05) is 0 Å². The molecule has 0 unspecified atom stereocenters. The third kappa shape index (κ3) is 2.62. The van der Waals surface area contributed by atoms with Crippen molar-refractivity contribution in [2.45, 2.75) is 6.18 Å². The van der Waals surface area contributed by atoms with Gasteiger partial charge in [-0.3, -0.25) is 0 Å². The van der Waals surface area contributed by atoms with Crippen LogP contribution in [-0.2, 0) is 6.18 Å². The lowest BCUT2D eigenvalue weighted by Crippen LogP contribution is -2.07. The summed E-state index contributed by atoms with van der Waals surface area (Å²) in [5, 5.41) is 17.4. The number of benzene rings is 2. The van der Waals surface area contributed by atoms with E-state index < -0.39 is 11.7 Å². The van der Waals surface area contributed by atoms with Crippen molar-refractivity contribution in [2.24, 2.45) is 0 Å². The molecule has 20 heavy (non-hydrogen) atoms. The highest BCUT2D eigenvalue weighted by molar-refractivity contribution is 5.69. The Morgan fingerprint density at radius 1 is 0.800 bits per heavy atom. The minimum atomic E-state index is -4.55. The zero-order chi connectivity index (χ0) is 14.8. The molecule has 0 fully saturated rings. The zero-order valence-electron chi connectivity index (χ0n) is 10.1. The quantitative estimate of drug-likeness (QED) is 0.784. The molecule has 0 aromatic heterocycles. The molecule has 98 valence electrons. The second-order valence-electron chi connectivity index (χ2n) is 4.06. The summed E-state index contributed by atoms with van der Waals surface area (Å²) in [4.78, 5) is 0. The summed E-state index contributed by atoms with van der Waals surface area (Å²) in [6.07, 6.45) is -4.55. The summed E-state index contributed by atoms with van der Waals surface area (Å²) in [5.41, 5.74) is -0.200. The van der Waals surface area contributed by atoms with Crippen LogP contribution in [0.2, 0.25) is 0 Å². The van der Waals surface area contributed by atoms with Gasteiger partial charge in [-0.15, -0.1) is 0 Å². The molecular weight excluding hydrogens is 265 g/mol. The van der Waals surface area contributed by atoms with Gasteiger partial charge in [-0.1, -0.05) is 18.2 Å². The molecular formula is C15H7F3N2. The Morgan fingerprint density at radius 2 is 1.35 bits per heavy atom. The van der Waals surface area contributed by atoms with E-state index in [0.717, 1.165) is 6.07 Å². The van der Waals surface area contributed by atoms with Gasteiger partial charge in [0.15, 0.2) is 0 Å². The summed E-state index contributed by atoms with van der Waals surface area (Å²) in [5.74, 6) is 0. The van der Waals surface area contributed by atoms with Crippen LogP contribution >= 0.6 is 0 Å². The number of rotatable bonds is 1. The van der Waals surface area contributed by atoms with Crippen LogP contribution in [0.15, 0.2) is 42.5 Å². The Morgan fingerprint density at radius 3 is 1.85 bits per heavy atom. The van der Waals surface area contributed by atoms with Crippen molar-refractivity contribution in [3.63, 3.8) is 0 Å². The van der Waals surface area contributed by atoms with Gasteiger partial charge in [0.1, 0.15) is 0 Å². The first-order chi connectivity index (χ1) is 9.45.